The minimum absolute atomic E-state index is 0.106. The molecular formula is C13H14F5NO. The van der Waals surface area contributed by atoms with Gasteiger partial charge in [0, 0.05) is 19.8 Å². The summed E-state index contributed by atoms with van der Waals surface area (Å²) in [6.07, 6.45) is 1.30. The highest BCUT2D eigenvalue weighted by Crippen LogP contribution is 2.32. The van der Waals surface area contributed by atoms with Crippen molar-refractivity contribution in [2.45, 2.75) is 19.8 Å². The van der Waals surface area contributed by atoms with E-state index < -0.39 is 34.8 Å². The fraction of sp³-hybridized carbons (Fsp3) is 0.538. The molecule has 0 amide bonds. The molecule has 1 heterocycles. The van der Waals surface area contributed by atoms with E-state index >= 15 is 0 Å². The topological polar surface area (TPSA) is 21.3 Å². The molecule has 2 rings (SSSR count). The summed E-state index contributed by atoms with van der Waals surface area (Å²) in [6, 6.07) is 0. The van der Waals surface area contributed by atoms with Crippen LogP contribution in [0.2, 0.25) is 0 Å². The largest absolute Gasteiger partial charge is 0.381 e. The molecular weight excluding hydrogens is 281 g/mol. The molecule has 1 N–H and O–H groups in total. The zero-order valence-electron chi connectivity index (χ0n) is 10.8. The lowest BCUT2D eigenvalue weighted by Crippen LogP contribution is -2.33. The smallest absolute Gasteiger partial charge is 0.200 e. The van der Waals surface area contributed by atoms with Gasteiger partial charge in [-0.25, -0.2) is 22.0 Å². The molecule has 2 nitrogen and oxygen atoms in total. The van der Waals surface area contributed by atoms with E-state index in [0.717, 1.165) is 0 Å². The van der Waals surface area contributed by atoms with Gasteiger partial charge in [-0.05, 0) is 18.3 Å². The summed E-state index contributed by atoms with van der Waals surface area (Å²) in [6.45, 7) is 2.99. The SMILES string of the molecule is CC1(CNc2c(F)c(F)c(F)c(F)c2F)CCOCC1. The second kappa shape index (κ2) is 5.55. The van der Waals surface area contributed by atoms with E-state index in [4.69, 9.17) is 4.74 Å². The summed E-state index contributed by atoms with van der Waals surface area (Å²) in [4.78, 5) is 0. The van der Waals surface area contributed by atoms with Crippen LogP contribution in [0.4, 0.5) is 27.6 Å². The van der Waals surface area contributed by atoms with Gasteiger partial charge in [-0.3, -0.25) is 0 Å². The van der Waals surface area contributed by atoms with E-state index in [9.17, 15) is 22.0 Å². The number of hydrogen-bond donors (Lipinski definition) is 1. The predicted molar refractivity (Wildman–Crippen MR) is 62.9 cm³/mol. The van der Waals surface area contributed by atoms with Crippen molar-refractivity contribution < 1.29 is 26.7 Å². The Bertz CT molecular complexity index is 485. The van der Waals surface area contributed by atoms with Crippen LogP contribution in [0, 0.1) is 34.5 Å². The van der Waals surface area contributed by atoms with Crippen molar-refractivity contribution in [2.75, 3.05) is 25.1 Å². The molecule has 7 heteroatoms. The van der Waals surface area contributed by atoms with E-state index in [1.807, 2.05) is 6.92 Å². The number of anilines is 1. The van der Waals surface area contributed by atoms with E-state index in [0.29, 0.717) is 26.1 Å². The third-order valence-electron chi connectivity index (χ3n) is 3.60. The van der Waals surface area contributed by atoms with Crippen molar-refractivity contribution >= 4 is 5.69 Å². The lowest BCUT2D eigenvalue weighted by atomic mass is 9.82. The number of ether oxygens (including phenoxy) is 1. The number of nitrogens with one attached hydrogen (secondary N) is 1. The Morgan fingerprint density at radius 3 is 1.85 bits per heavy atom. The molecule has 0 aromatic heterocycles. The Kier molecular flexibility index (Phi) is 4.17. The highest BCUT2D eigenvalue weighted by atomic mass is 19.2. The molecule has 0 aliphatic carbocycles. The molecule has 0 spiro atoms. The van der Waals surface area contributed by atoms with Crippen LogP contribution >= 0.6 is 0 Å². The molecule has 0 unspecified atom stereocenters. The van der Waals surface area contributed by atoms with Crippen LogP contribution in [0.15, 0.2) is 0 Å². The molecule has 112 valence electrons. The lowest BCUT2D eigenvalue weighted by Gasteiger charge is -2.34. The van der Waals surface area contributed by atoms with Crippen LogP contribution in [0.25, 0.3) is 0 Å². The quantitative estimate of drug-likeness (QED) is 0.522. The summed E-state index contributed by atoms with van der Waals surface area (Å²) < 4.78 is 71.1. The first-order valence-electron chi connectivity index (χ1n) is 6.19. The van der Waals surface area contributed by atoms with E-state index in [-0.39, 0.29) is 12.0 Å². The van der Waals surface area contributed by atoms with Crippen LogP contribution in [0.3, 0.4) is 0 Å². The zero-order valence-corrected chi connectivity index (χ0v) is 10.8. The van der Waals surface area contributed by atoms with Gasteiger partial charge in [-0.15, -0.1) is 0 Å². The predicted octanol–water partition coefficient (Wildman–Crippen LogP) is 3.61. The van der Waals surface area contributed by atoms with Gasteiger partial charge >= 0.3 is 0 Å². The maximum atomic E-state index is 13.5. The first kappa shape index (κ1) is 15.0. The Morgan fingerprint density at radius 1 is 0.900 bits per heavy atom. The molecule has 1 fully saturated rings. The summed E-state index contributed by atoms with van der Waals surface area (Å²) in [5.41, 5.74) is -1.28. The third kappa shape index (κ3) is 2.72. The van der Waals surface area contributed by atoms with Crippen LogP contribution < -0.4 is 5.32 Å². The van der Waals surface area contributed by atoms with Crippen molar-refractivity contribution in [2.24, 2.45) is 5.41 Å². The molecule has 0 atom stereocenters. The van der Waals surface area contributed by atoms with Gasteiger partial charge in [-0.2, -0.15) is 0 Å². The summed E-state index contributed by atoms with van der Waals surface area (Å²) in [5.74, 6) is -9.70. The number of halogens is 5. The molecule has 20 heavy (non-hydrogen) atoms. The number of rotatable bonds is 3. The summed E-state index contributed by atoms with van der Waals surface area (Å²) in [5, 5.41) is 2.35. The average molecular weight is 295 g/mol. The van der Waals surface area contributed by atoms with Gasteiger partial charge < -0.3 is 10.1 Å². The summed E-state index contributed by atoms with van der Waals surface area (Å²) >= 11 is 0. The van der Waals surface area contributed by atoms with Crippen LogP contribution in [0.5, 0.6) is 0 Å². The molecule has 1 aliphatic rings. The van der Waals surface area contributed by atoms with Crippen molar-refractivity contribution in [1.29, 1.82) is 0 Å². The second-order valence-corrected chi connectivity index (χ2v) is 5.22. The maximum absolute atomic E-state index is 13.5. The van der Waals surface area contributed by atoms with Gasteiger partial charge in [0.05, 0.1) is 0 Å². The monoisotopic (exact) mass is 295 g/mol. The molecule has 0 saturated carbocycles. The van der Waals surface area contributed by atoms with E-state index in [2.05, 4.69) is 5.32 Å². The van der Waals surface area contributed by atoms with Crippen LogP contribution in [0.1, 0.15) is 19.8 Å². The first-order chi connectivity index (χ1) is 9.36. The minimum atomic E-state index is -2.15. The average Bonchev–Trinajstić information content (AvgIpc) is 2.44. The van der Waals surface area contributed by atoms with Crippen LogP contribution in [-0.4, -0.2) is 19.8 Å². The molecule has 1 aliphatic heterocycles. The van der Waals surface area contributed by atoms with Crippen molar-refractivity contribution in [1.82, 2.24) is 0 Å². The van der Waals surface area contributed by atoms with Crippen molar-refractivity contribution in [3.8, 4) is 0 Å². The fourth-order valence-corrected chi connectivity index (χ4v) is 2.10. The Labute approximate surface area is 112 Å². The highest BCUT2D eigenvalue weighted by Gasteiger charge is 2.30. The standard InChI is InChI=1S/C13H14F5NO/c1-13(2-4-20-5-3-13)6-19-12-10(17)8(15)7(14)9(16)11(12)18/h19H,2-6H2,1H3. The Hall–Kier alpha value is -1.37. The number of hydrogen-bond acceptors (Lipinski definition) is 2. The third-order valence-corrected chi connectivity index (χ3v) is 3.60. The van der Waals surface area contributed by atoms with Crippen molar-refractivity contribution in [3.63, 3.8) is 0 Å². The number of benzene rings is 1. The molecule has 0 radical (unpaired) electrons. The molecule has 1 saturated heterocycles. The normalized spacial score (nSPS) is 18.1. The van der Waals surface area contributed by atoms with Gasteiger partial charge in [0.25, 0.3) is 0 Å². The van der Waals surface area contributed by atoms with Crippen molar-refractivity contribution in [3.05, 3.63) is 29.1 Å². The Morgan fingerprint density at radius 2 is 1.35 bits per heavy atom. The fourth-order valence-electron chi connectivity index (χ4n) is 2.10. The van der Waals surface area contributed by atoms with Gasteiger partial charge in [0.15, 0.2) is 23.3 Å². The van der Waals surface area contributed by atoms with E-state index in [1.54, 1.807) is 0 Å². The maximum Gasteiger partial charge on any atom is 0.200 e. The van der Waals surface area contributed by atoms with Gasteiger partial charge in [0.2, 0.25) is 5.82 Å². The lowest BCUT2D eigenvalue weighted by molar-refractivity contribution is 0.0299. The minimum Gasteiger partial charge on any atom is -0.381 e. The molecule has 1 aromatic carbocycles. The Balaban J connectivity index is 2.21. The van der Waals surface area contributed by atoms with E-state index in [1.165, 1.54) is 0 Å². The summed E-state index contributed by atoms with van der Waals surface area (Å²) in [7, 11) is 0. The van der Waals surface area contributed by atoms with Gasteiger partial charge in [-0.1, -0.05) is 6.92 Å². The highest BCUT2D eigenvalue weighted by molar-refractivity contribution is 5.47. The first-order valence-corrected chi connectivity index (χ1v) is 6.19. The molecule has 0 bridgehead atoms. The van der Waals surface area contributed by atoms with Gasteiger partial charge in [0.1, 0.15) is 5.69 Å². The second-order valence-electron chi connectivity index (χ2n) is 5.22. The zero-order chi connectivity index (χ0) is 14.9. The van der Waals surface area contributed by atoms with Crippen LogP contribution in [-0.2, 0) is 4.74 Å². The molecule has 1 aromatic rings.